The molecule has 1 aromatic carbocycles. The molecule has 3 heterocycles. The SMILES string of the molecule is CC1(C(=O)N2CCC(c3nc4ccccc4s3)CC2)CCCCN1. The molecular weight excluding hydrogens is 318 g/mol. The molecule has 0 spiro atoms. The van der Waals surface area contributed by atoms with Crippen LogP contribution < -0.4 is 5.32 Å². The molecule has 2 aromatic rings. The third kappa shape index (κ3) is 2.95. The molecule has 5 heteroatoms. The van der Waals surface area contributed by atoms with E-state index in [4.69, 9.17) is 4.98 Å². The van der Waals surface area contributed by atoms with Gasteiger partial charge in [-0.25, -0.2) is 4.98 Å². The van der Waals surface area contributed by atoms with Crippen molar-refractivity contribution >= 4 is 27.5 Å². The van der Waals surface area contributed by atoms with Crippen LogP contribution in [0, 0.1) is 0 Å². The van der Waals surface area contributed by atoms with E-state index >= 15 is 0 Å². The number of rotatable bonds is 2. The molecule has 0 saturated carbocycles. The summed E-state index contributed by atoms with van der Waals surface area (Å²) in [5, 5.41) is 4.69. The molecule has 1 amide bonds. The van der Waals surface area contributed by atoms with E-state index in [2.05, 4.69) is 35.3 Å². The summed E-state index contributed by atoms with van der Waals surface area (Å²) in [6.07, 6.45) is 5.35. The lowest BCUT2D eigenvalue weighted by molar-refractivity contribution is -0.139. The van der Waals surface area contributed by atoms with Gasteiger partial charge in [0.05, 0.1) is 20.8 Å². The number of nitrogens with one attached hydrogen (secondary N) is 1. The summed E-state index contributed by atoms with van der Waals surface area (Å²) in [7, 11) is 0. The Morgan fingerprint density at radius 3 is 2.79 bits per heavy atom. The van der Waals surface area contributed by atoms with Crippen LogP contribution in [-0.2, 0) is 4.79 Å². The van der Waals surface area contributed by atoms with Crippen molar-refractivity contribution in [3.05, 3.63) is 29.3 Å². The van der Waals surface area contributed by atoms with E-state index in [0.29, 0.717) is 11.8 Å². The molecule has 24 heavy (non-hydrogen) atoms. The second kappa shape index (κ2) is 6.45. The van der Waals surface area contributed by atoms with Gasteiger partial charge < -0.3 is 10.2 Å². The van der Waals surface area contributed by atoms with Crippen molar-refractivity contribution in [2.24, 2.45) is 0 Å². The van der Waals surface area contributed by atoms with E-state index in [1.54, 1.807) is 0 Å². The monoisotopic (exact) mass is 343 g/mol. The van der Waals surface area contributed by atoms with Crippen molar-refractivity contribution < 1.29 is 4.79 Å². The number of hydrogen-bond acceptors (Lipinski definition) is 4. The van der Waals surface area contributed by atoms with Crippen LogP contribution in [0.25, 0.3) is 10.2 Å². The zero-order chi connectivity index (χ0) is 16.6. The smallest absolute Gasteiger partial charge is 0.242 e. The number of likely N-dealkylation sites (tertiary alicyclic amines) is 1. The second-order valence-corrected chi connectivity index (χ2v) is 8.36. The molecule has 1 aromatic heterocycles. The minimum absolute atomic E-state index is 0.296. The number of benzene rings is 1. The Morgan fingerprint density at radius 2 is 2.08 bits per heavy atom. The lowest BCUT2D eigenvalue weighted by atomic mass is 9.88. The summed E-state index contributed by atoms with van der Waals surface area (Å²) in [4.78, 5) is 19.8. The number of hydrogen-bond donors (Lipinski definition) is 1. The molecule has 4 nitrogen and oxygen atoms in total. The summed E-state index contributed by atoms with van der Waals surface area (Å²) in [6, 6.07) is 8.35. The Kier molecular flexibility index (Phi) is 4.31. The Bertz CT molecular complexity index is 694. The summed E-state index contributed by atoms with van der Waals surface area (Å²) in [5.41, 5.74) is 0.760. The third-order valence-electron chi connectivity index (χ3n) is 5.53. The van der Waals surface area contributed by atoms with Crippen molar-refractivity contribution in [2.75, 3.05) is 19.6 Å². The van der Waals surface area contributed by atoms with Gasteiger partial charge in [0.2, 0.25) is 5.91 Å². The lowest BCUT2D eigenvalue weighted by Gasteiger charge is -2.40. The standard InChI is InChI=1S/C19H25N3OS/c1-19(10-4-5-11-20-19)18(23)22-12-8-14(9-13-22)17-21-15-6-2-3-7-16(15)24-17/h2-3,6-7,14,20H,4-5,8-13H2,1H3. The molecule has 2 saturated heterocycles. The highest BCUT2D eigenvalue weighted by atomic mass is 32.1. The fourth-order valence-electron chi connectivity index (χ4n) is 3.98. The number of thiazole rings is 1. The number of piperidine rings is 2. The quantitative estimate of drug-likeness (QED) is 0.907. The van der Waals surface area contributed by atoms with Crippen LogP contribution in [0.5, 0.6) is 0 Å². The van der Waals surface area contributed by atoms with Crippen molar-refractivity contribution in [1.82, 2.24) is 15.2 Å². The maximum Gasteiger partial charge on any atom is 0.242 e. The lowest BCUT2D eigenvalue weighted by Crippen LogP contribution is -2.59. The highest BCUT2D eigenvalue weighted by molar-refractivity contribution is 7.18. The molecule has 0 aliphatic carbocycles. The molecule has 0 bridgehead atoms. The summed E-state index contributed by atoms with van der Waals surface area (Å²) in [5.74, 6) is 0.795. The molecule has 2 aliphatic heterocycles. The van der Waals surface area contributed by atoms with Crippen LogP contribution in [0.1, 0.15) is 50.0 Å². The summed E-state index contributed by atoms with van der Waals surface area (Å²) in [6.45, 7) is 4.76. The minimum atomic E-state index is -0.346. The number of fused-ring (bicyclic) bond motifs is 1. The van der Waals surface area contributed by atoms with Crippen molar-refractivity contribution in [3.8, 4) is 0 Å². The van der Waals surface area contributed by atoms with Gasteiger partial charge in [-0.1, -0.05) is 12.1 Å². The van der Waals surface area contributed by atoms with Gasteiger partial charge in [-0.05, 0) is 57.7 Å². The van der Waals surface area contributed by atoms with E-state index in [1.165, 1.54) is 16.1 Å². The number of aromatic nitrogens is 1. The Hall–Kier alpha value is -1.46. The molecule has 2 fully saturated rings. The molecule has 1 N–H and O–H groups in total. The fraction of sp³-hybridized carbons (Fsp3) is 0.579. The van der Waals surface area contributed by atoms with Crippen LogP contribution in [0.4, 0.5) is 0 Å². The predicted molar refractivity (Wildman–Crippen MR) is 98.4 cm³/mol. The fourth-order valence-corrected chi connectivity index (χ4v) is 5.12. The van der Waals surface area contributed by atoms with Gasteiger partial charge in [0, 0.05) is 19.0 Å². The first-order chi connectivity index (χ1) is 11.7. The van der Waals surface area contributed by atoms with Crippen LogP contribution in [-0.4, -0.2) is 41.0 Å². The molecule has 1 unspecified atom stereocenters. The van der Waals surface area contributed by atoms with Crippen LogP contribution in [0.3, 0.4) is 0 Å². The Balaban J connectivity index is 1.42. The van der Waals surface area contributed by atoms with E-state index < -0.39 is 0 Å². The molecule has 1 atom stereocenters. The van der Waals surface area contributed by atoms with Gasteiger partial charge in [0.15, 0.2) is 0 Å². The number of carbonyl (C=O) groups excluding carboxylic acids is 1. The Morgan fingerprint density at radius 1 is 1.29 bits per heavy atom. The molecule has 4 rings (SSSR count). The first-order valence-electron chi connectivity index (χ1n) is 9.06. The largest absolute Gasteiger partial charge is 0.341 e. The van der Waals surface area contributed by atoms with Gasteiger partial charge in [0.1, 0.15) is 0 Å². The highest BCUT2D eigenvalue weighted by Crippen LogP contribution is 2.34. The van der Waals surface area contributed by atoms with Gasteiger partial charge >= 0.3 is 0 Å². The van der Waals surface area contributed by atoms with Gasteiger partial charge in [-0.15, -0.1) is 11.3 Å². The van der Waals surface area contributed by atoms with Crippen LogP contribution >= 0.6 is 11.3 Å². The minimum Gasteiger partial charge on any atom is -0.341 e. The van der Waals surface area contributed by atoms with E-state index in [-0.39, 0.29) is 5.54 Å². The van der Waals surface area contributed by atoms with Crippen LogP contribution in [0.2, 0.25) is 0 Å². The first kappa shape index (κ1) is 16.0. The van der Waals surface area contributed by atoms with Gasteiger partial charge in [0.25, 0.3) is 0 Å². The number of para-hydroxylation sites is 1. The molecule has 128 valence electrons. The maximum absolute atomic E-state index is 12.9. The topological polar surface area (TPSA) is 45.2 Å². The zero-order valence-electron chi connectivity index (χ0n) is 14.3. The van der Waals surface area contributed by atoms with E-state index in [1.807, 2.05) is 17.4 Å². The van der Waals surface area contributed by atoms with Gasteiger partial charge in [-0.2, -0.15) is 0 Å². The first-order valence-corrected chi connectivity index (χ1v) is 9.87. The molecular formula is C19H25N3OS. The van der Waals surface area contributed by atoms with Gasteiger partial charge in [-0.3, -0.25) is 4.79 Å². The van der Waals surface area contributed by atoms with Crippen molar-refractivity contribution in [1.29, 1.82) is 0 Å². The summed E-state index contributed by atoms with van der Waals surface area (Å²) < 4.78 is 1.27. The molecule has 2 aliphatic rings. The van der Waals surface area contributed by atoms with E-state index in [9.17, 15) is 4.79 Å². The number of nitrogens with zero attached hydrogens (tertiary/aromatic N) is 2. The van der Waals surface area contributed by atoms with Crippen LogP contribution in [0.15, 0.2) is 24.3 Å². The average molecular weight is 343 g/mol. The average Bonchev–Trinajstić information content (AvgIpc) is 3.06. The second-order valence-electron chi connectivity index (χ2n) is 7.30. The maximum atomic E-state index is 12.9. The highest BCUT2D eigenvalue weighted by Gasteiger charge is 2.38. The number of amides is 1. The normalized spacial score (nSPS) is 26.0. The zero-order valence-corrected chi connectivity index (χ0v) is 15.1. The van der Waals surface area contributed by atoms with Crippen molar-refractivity contribution in [2.45, 2.75) is 50.5 Å². The Labute approximate surface area is 147 Å². The predicted octanol–water partition coefficient (Wildman–Crippen LogP) is 3.53. The third-order valence-corrected chi connectivity index (χ3v) is 6.73. The van der Waals surface area contributed by atoms with E-state index in [0.717, 1.165) is 50.8 Å². The van der Waals surface area contributed by atoms with Crippen molar-refractivity contribution in [3.63, 3.8) is 0 Å². The number of carbonyl (C=O) groups is 1. The molecule has 0 radical (unpaired) electrons. The summed E-state index contributed by atoms with van der Waals surface area (Å²) >= 11 is 1.81.